The Labute approximate surface area is 169 Å². The molecule has 3 rings (SSSR count). The fourth-order valence-electron chi connectivity index (χ4n) is 2.61. The van der Waals surface area contributed by atoms with Crippen molar-refractivity contribution in [2.24, 2.45) is 0 Å². The molecule has 3 nitrogen and oxygen atoms in total. The van der Waals surface area contributed by atoms with Gasteiger partial charge in [-0.05, 0) is 66.2 Å². The van der Waals surface area contributed by atoms with E-state index in [4.69, 9.17) is 9.47 Å². The summed E-state index contributed by atoms with van der Waals surface area (Å²) in [6.07, 6.45) is 0.606. The van der Waals surface area contributed by atoms with Gasteiger partial charge in [0.05, 0.1) is 13.2 Å². The highest BCUT2D eigenvalue weighted by atomic mass is 19.1. The van der Waals surface area contributed by atoms with Gasteiger partial charge in [0, 0.05) is 23.1 Å². The smallest absolute Gasteiger partial charge is 0.333 e. The first-order valence-electron chi connectivity index (χ1n) is 9.28. The molecule has 29 heavy (non-hydrogen) atoms. The summed E-state index contributed by atoms with van der Waals surface area (Å²) >= 11 is 0. The highest BCUT2D eigenvalue weighted by molar-refractivity contribution is 5.87. The lowest BCUT2D eigenvalue weighted by Crippen LogP contribution is -2.09. The van der Waals surface area contributed by atoms with Crippen molar-refractivity contribution in [2.75, 3.05) is 13.2 Å². The molecule has 0 fully saturated rings. The van der Waals surface area contributed by atoms with Gasteiger partial charge in [0.15, 0.2) is 0 Å². The van der Waals surface area contributed by atoms with Crippen LogP contribution in [0.4, 0.5) is 4.39 Å². The SMILES string of the molecule is C=C(C)C(=O)OCCCOc1ccc2cc(C#Cc3ccc(F)cc3)ccc2c1. The molecule has 0 bridgehead atoms. The summed E-state index contributed by atoms with van der Waals surface area (Å²) in [6, 6.07) is 17.9. The highest BCUT2D eigenvalue weighted by Gasteiger charge is 2.03. The van der Waals surface area contributed by atoms with E-state index in [9.17, 15) is 9.18 Å². The number of esters is 1. The molecule has 0 radical (unpaired) electrons. The number of carbonyl (C=O) groups is 1. The van der Waals surface area contributed by atoms with Crippen LogP contribution in [0.2, 0.25) is 0 Å². The van der Waals surface area contributed by atoms with E-state index < -0.39 is 0 Å². The highest BCUT2D eigenvalue weighted by Crippen LogP contribution is 2.22. The molecule has 4 heteroatoms. The first-order valence-corrected chi connectivity index (χ1v) is 9.28. The van der Waals surface area contributed by atoms with Crippen molar-refractivity contribution in [1.82, 2.24) is 0 Å². The van der Waals surface area contributed by atoms with Gasteiger partial charge in [-0.15, -0.1) is 0 Å². The molecule has 0 aliphatic carbocycles. The second-order valence-corrected chi connectivity index (χ2v) is 6.60. The average Bonchev–Trinajstić information content (AvgIpc) is 2.72. The predicted molar refractivity (Wildman–Crippen MR) is 112 cm³/mol. The Bertz CT molecular complexity index is 1090. The van der Waals surface area contributed by atoms with Crippen molar-refractivity contribution in [2.45, 2.75) is 13.3 Å². The van der Waals surface area contributed by atoms with Crippen LogP contribution in [-0.4, -0.2) is 19.2 Å². The number of ether oxygens (including phenoxy) is 2. The third-order valence-corrected chi connectivity index (χ3v) is 4.15. The zero-order valence-corrected chi connectivity index (χ0v) is 16.2. The van der Waals surface area contributed by atoms with Crippen molar-refractivity contribution in [3.63, 3.8) is 0 Å². The standard InChI is InChI=1S/C25H21FO3/c1-18(2)25(27)29-15-3-14-28-24-13-10-21-16-20(6-9-22(21)17-24)5-4-19-7-11-23(26)12-8-19/h6-13,16-17H,1,3,14-15H2,2H3. The van der Waals surface area contributed by atoms with Crippen LogP contribution in [0.1, 0.15) is 24.5 Å². The number of halogens is 1. The van der Waals surface area contributed by atoms with Crippen molar-refractivity contribution < 1.29 is 18.7 Å². The van der Waals surface area contributed by atoms with Crippen LogP contribution in [0.3, 0.4) is 0 Å². The molecule has 0 aromatic heterocycles. The lowest BCUT2D eigenvalue weighted by Gasteiger charge is -2.08. The van der Waals surface area contributed by atoms with E-state index in [0.717, 1.165) is 27.6 Å². The van der Waals surface area contributed by atoms with E-state index in [1.54, 1.807) is 19.1 Å². The number of benzene rings is 3. The Balaban J connectivity index is 1.58. The van der Waals surface area contributed by atoms with Crippen LogP contribution in [-0.2, 0) is 9.53 Å². The number of hydrogen-bond acceptors (Lipinski definition) is 3. The first-order chi connectivity index (χ1) is 14.0. The molecular formula is C25H21FO3. The number of rotatable bonds is 6. The monoisotopic (exact) mass is 388 g/mol. The zero-order chi connectivity index (χ0) is 20.6. The number of fused-ring (bicyclic) bond motifs is 1. The molecule has 0 aliphatic heterocycles. The molecule has 0 spiro atoms. The van der Waals surface area contributed by atoms with Crippen LogP contribution in [0.15, 0.2) is 72.8 Å². The van der Waals surface area contributed by atoms with E-state index in [0.29, 0.717) is 25.2 Å². The van der Waals surface area contributed by atoms with Gasteiger partial charge < -0.3 is 9.47 Å². The summed E-state index contributed by atoms with van der Waals surface area (Å²) in [5.41, 5.74) is 2.04. The Kier molecular flexibility index (Phi) is 6.65. The molecular weight excluding hydrogens is 367 g/mol. The average molecular weight is 388 g/mol. The summed E-state index contributed by atoms with van der Waals surface area (Å²) < 4.78 is 23.7. The minimum atomic E-state index is -0.381. The van der Waals surface area contributed by atoms with Gasteiger partial charge in [0.25, 0.3) is 0 Å². The van der Waals surface area contributed by atoms with E-state index in [1.165, 1.54) is 12.1 Å². The summed E-state index contributed by atoms with van der Waals surface area (Å²) in [5.74, 6) is 6.24. The molecule has 0 saturated carbocycles. The Morgan fingerprint density at radius 1 is 0.931 bits per heavy atom. The van der Waals surface area contributed by atoms with Crippen LogP contribution < -0.4 is 4.74 Å². The Morgan fingerprint density at radius 3 is 2.34 bits per heavy atom. The van der Waals surface area contributed by atoms with Crippen molar-refractivity contribution in [3.05, 3.63) is 89.8 Å². The zero-order valence-electron chi connectivity index (χ0n) is 16.2. The minimum Gasteiger partial charge on any atom is -0.493 e. The van der Waals surface area contributed by atoms with Crippen LogP contribution in [0.5, 0.6) is 5.75 Å². The fraction of sp³-hybridized carbons (Fsp3) is 0.160. The fourth-order valence-corrected chi connectivity index (χ4v) is 2.61. The quantitative estimate of drug-likeness (QED) is 0.250. The second-order valence-electron chi connectivity index (χ2n) is 6.60. The molecule has 0 N–H and O–H groups in total. The summed E-state index contributed by atoms with van der Waals surface area (Å²) in [6.45, 7) is 5.91. The van der Waals surface area contributed by atoms with E-state index in [1.807, 2.05) is 36.4 Å². The van der Waals surface area contributed by atoms with E-state index in [-0.39, 0.29) is 11.8 Å². The van der Waals surface area contributed by atoms with Gasteiger partial charge in [-0.25, -0.2) is 9.18 Å². The topological polar surface area (TPSA) is 35.5 Å². The molecule has 0 heterocycles. The first kappa shape index (κ1) is 20.2. The molecule has 0 aliphatic rings. The molecule has 0 unspecified atom stereocenters. The van der Waals surface area contributed by atoms with Gasteiger partial charge in [-0.2, -0.15) is 0 Å². The van der Waals surface area contributed by atoms with Crippen LogP contribution in [0, 0.1) is 17.7 Å². The van der Waals surface area contributed by atoms with Crippen molar-refractivity contribution in [3.8, 4) is 17.6 Å². The summed E-state index contributed by atoms with van der Waals surface area (Å²) in [7, 11) is 0. The largest absolute Gasteiger partial charge is 0.493 e. The molecule has 146 valence electrons. The summed E-state index contributed by atoms with van der Waals surface area (Å²) in [5, 5.41) is 2.10. The van der Waals surface area contributed by atoms with Gasteiger partial charge >= 0.3 is 5.97 Å². The van der Waals surface area contributed by atoms with Gasteiger partial charge in [0.1, 0.15) is 11.6 Å². The molecule has 0 saturated heterocycles. The minimum absolute atomic E-state index is 0.271. The Morgan fingerprint density at radius 2 is 1.59 bits per heavy atom. The maximum absolute atomic E-state index is 13.0. The van der Waals surface area contributed by atoms with E-state index in [2.05, 4.69) is 18.4 Å². The maximum Gasteiger partial charge on any atom is 0.333 e. The third-order valence-electron chi connectivity index (χ3n) is 4.15. The van der Waals surface area contributed by atoms with Gasteiger partial charge in [-0.3, -0.25) is 0 Å². The Hall–Kier alpha value is -3.58. The number of carbonyl (C=O) groups excluding carboxylic acids is 1. The van der Waals surface area contributed by atoms with Crippen LogP contribution >= 0.6 is 0 Å². The molecule has 0 atom stereocenters. The molecule has 3 aromatic carbocycles. The predicted octanol–water partition coefficient (Wildman–Crippen LogP) is 5.27. The van der Waals surface area contributed by atoms with Crippen molar-refractivity contribution >= 4 is 16.7 Å². The third kappa shape index (κ3) is 5.95. The molecule has 3 aromatic rings. The summed E-state index contributed by atoms with van der Waals surface area (Å²) in [4.78, 5) is 11.3. The van der Waals surface area contributed by atoms with E-state index >= 15 is 0 Å². The molecule has 0 amide bonds. The van der Waals surface area contributed by atoms with Crippen molar-refractivity contribution in [1.29, 1.82) is 0 Å². The number of hydrogen-bond donors (Lipinski definition) is 0. The van der Waals surface area contributed by atoms with Gasteiger partial charge in [0.2, 0.25) is 0 Å². The van der Waals surface area contributed by atoms with Gasteiger partial charge in [-0.1, -0.05) is 30.6 Å². The van der Waals surface area contributed by atoms with Crippen LogP contribution in [0.25, 0.3) is 10.8 Å². The lowest BCUT2D eigenvalue weighted by molar-refractivity contribution is -0.139. The maximum atomic E-state index is 13.0. The second kappa shape index (κ2) is 9.57. The normalized spacial score (nSPS) is 10.1. The lowest BCUT2D eigenvalue weighted by atomic mass is 10.1.